The molecule has 6 heteroatoms. The summed E-state index contributed by atoms with van der Waals surface area (Å²) in [5.74, 6) is 0.198. The smallest absolute Gasteiger partial charge is 0.256 e. The molecule has 1 unspecified atom stereocenters. The number of rotatable bonds is 5. The fraction of sp³-hybridized carbons (Fsp3) is 0.0741. The lowest BCUT2D eigenvalue weighted by Gasteiger charge is -2.19. The van der Waals surface area contributed by atoms with Gasteiger partial charge in [-0.3, -0.25) is 4.79 Å². The van der Waals surface area contributed by atoms with E-state index in [1.807, 2.05) is 85.8 Å². The number of hydrogen-bond acceptors (Lipinski definition) is 4. The van der Waals surface area contributed by atoms with Crippen molar-refractivity contribution in [3.05, 3.63) is 114 Å². The molecule has 0 radical (unpaired) electrons. The van der Waals surface area contributed by atoms with Crippen LogP contribution in [0.3, 0.4) is 0 Å². The van der Waals surface area contributed by atoms with Crippen molar-refractivity contribution in [3.8, 4) is 17.0 Å². The molecule has 1 amide bonds. The molecule has 1 atom stereocenters. The molecule has 162 valence electrons. The molecule has 0 aliphatic heterocycles. The van der Waals surface area contributed by atoms with Gasteiger partial charge in [0.15, 0.2) is 5.75 Å². The average molecular weight is 434 g/mol. The van der Waals surface area contributed by atoms with Crippen LogP contribution in [-0.4, -0.2) is 26.0 Å². The van der Waals surface area contributed by atoms with Crippen molar-refractivity contribution in [1.29, 1.82) is 0 Å². The summed E-state index contributed by atoms with van der Waals surface area (Å²) >= 11 is 0. The summed E-state index contributed by atoms with van der Waals surface area (Å²) in [6.45, 7) is 1.86. The van der Waals surface area contributed by atoms with Gasteiger partial charge >= 0.3 is 0 Å². The van der Waals surface area contributed by atoms with E-state index in [0.29, 0.717) is 22.3 Å². The Morgan fingerprint density at radius 2 is 1.58 bits per heavy atom. The van der Waals surface area contributed by atoms with Crippen LogP contribution in [0.4, 0.5) is 0 Å². The lowest BCUT2D eigenvalue weighted by Crippen LogP contribution is -2.30. The zero-order valence-corrected chi connectivity index (χ0v) is 18.0. The summed E-state index contributed by atoms with van der Waals surface area (Å²) in [5, 5.41) is 14.9. The fourth-order valence-electron chi connectivity index (χ4n) is 3.99. The summed E-state index contributed by atoms with van der Waals surface area (Å²) in [4.78, 5) is 26.0. The molecule has 0 saturated heterocycles. The summed E-state index contributed by atoms with van der Waals surface area (Å²) in [7, 11) is 0. The Balaban J connectivity index is 1.63. The third-order valence-corrected chi connectivity index (χ3v) is 5.57. The molecule has 2 heterocycles. The number of aromatic hydroxyl groups is 1. The first-order valence-electron chi connectivity index (χ1n) is 10.7. The molecule has 5 aromatic rings. The van der Waals surface area contributed by atoms with Crippen LogP contribution in [0.25, 0.3) is 22.2 Å². The second kappa shape index (κ2) is 8.59. The first kappa shape index (κ1) is 20.5. The zero-order chi connectivity index (χ0) is 22.8. The van der Waals surface area contributed by atoms with Gasteiger partial charge in [0, 0.05) is 17.1 Å². The largest absolute Gasteiger partial charge is 0.505 e. The van der Waals surface area contributed by atoms with Crippen molar-refractivity contribution >= 4 is 16.8 Å². The van der Waals surface area contributed by atoms with Gasteiger partial charge in [-0.15, -0.1) is 0 Å². The van der Waals surface area contributed by atoms with Crippen LogP contribution in [-0.2, 0) is 0 Å². The van der Waals surface area contributed by atoms with Gasteiger partial charge < -0.3 is 15.4 Å². The van der Waals surface area contributed by atoms with Crippen molar-refractivity contribution in [1.82, 2.24) is 20.3 Å². The number of para-hydroxylation sites is 1. The van der Waals surface area contributed by atoms with Crippen molar-refractivity contribution in [3.63, 3.8) is 0 Å². The molecule has 0 saturated carbocycles. The minimum Gasteiger partial charge on any atom is -0.505 e. The van der Waals surface area contributed by atoms with E-state index in [4.69, 9.17) is 0 Å². The normalized spacial score (nSPS) is 11.9. The number of hydrogen-bond donors (Lipinski definition) is 3. The number of nitrogens with one attached hydrogen (secondary N) is 2. The highest BCUT2D eigenvalue weighted by Gasteiger charge is 2.25. The summed E-state index contributed by atoms with van der Waals surface area (Å²) < 4.78 is 0. The van der Waals surface area contributed by atoms with Gasteiger partial charge in [0.05, 0.1) is 22.8 Å². The van der Waals surface area contributed by atoms with Gasteiger partial charge in [0.25, 0.3) is 5.91 Å². The van der Waals surface area contributed by atoms with Gasteiger partial charge in [-0.2, -0.15) is 0 Å². The average Bonchev–Trinajstić information content (AvgIpc) is 3.29. The van der Waals surface area contributed by atoms with E-state index < -0.39 is 11.9 Å². The van der Waals surface area contributed by atoms with Gasteiger partial charge in [-0.1, -0.05) is 78.9 Å². The zero-order valence-electron chi connectivity index (χ0n) is 18.0. The maximum atomic E-state index is 13.7. The second-order valence-corrected chi connectivity index (χ2v) is 7.80. The van der Waals surface area contributed by atoms with Crippen LogP contribution < -0.4 is 5.32 Å². The number of aromatic nitrogens is 3. The quantitative estimate of drug-likeness (QED) is 0.356. The minimum absolute atomic E-state index is 0.151. The molecule has 2 aromatic heterocycles. The number of fused-ring (bicyclic) bond motifs is 1. The first-order valence-corrected chi connectivity index (χ1v) is 10.7. The van der Waals surface area contributed by atoms with E-state index >= 15 is 0 Å². The Hall–Kier alpha value is -4.45. The van der Waals surface area contributed by atoms with Crippen LogP contribution in [0.2, 0.25) is 0 Å². The van der Waals surface area contributed by atoms with E-state index in [-0.39, 0.29) is 11.3 Å². The van der Waals surface area contributed by atoms with Crippen LogP contribution in [0.15, 0.2) is 91.1 Å². The Bertz CT molecular complexity index is 1430. The molecule has 0 aliphatic rings. The number of aromatic amines is 1. The highest BCUT2D eigenvalue weighted by atomic mass is 16.3. The predicted octanol–water partition coefficient (Wildman–Crippen LogP) is 5.16. The number of carbonyl (C=O) groups is 1. The molecule has 33 heavy (non-hydrogen) atoms. The summed E-state index contributed by atoms with van der Waals surface area (Å²) in [5.41, 5.74) is 3.49. The van der Waals surface area contributed by atoms with Crippen molar-refractivity contribution in [2.75, 3.05) is 0 Å². The molecule has 0 fully saturated rings. The van der Waals surface area contributed by atoms with Crippen molar-refractivity contribution in [2.24, 2.45) is 0 Å². The van der Waals surface area contributed by atoms with E-state index in [1.54, 1.807) is 12.3 Å². The Labute approximate surface area is 191 Å². The first-order chi connectivity index (χ1) is 16.1. The van der Waals surface area contributed by atoms with Crippen molar-refractivity contribution in [2.45, 2.75) is 13.0 Å². The van der Waals surface area contributed by atoms with Gasteiger partial charge in [-0.05, 0) is 18.6 Å². The number of carbonyl (C=O) groups excluding carboxylic acids is 1. The number of amides is 1. The number of benzene rings is 3. The molecule has 0 aliphatic carbocycles. The fourth-order valence-corrected chi connectivity index (χ4v) is 3.99. The number of aryl methyl sites for hydroxylation is 1. The highest BCUT2D eigenvalue weighted by Crippen LogP contribution is 2.36. The Morgan fingerprint density at radius 1 is 0.909 bits per heavy atom. The standard InChI is InChI=1S/C27H22N4O2/c1-17-28-16-22(29-17)24(18-10-4-2-5-11-18)31-27(33)23-20-14-8-9-15-21(20)30-25(26(23)32)19-12-6-3-7-13-19/h2-16,24,32H,1H3,(H,28,29)(H,31,33). The number of imidazole rings is 1. The SMILES string of the molecule is Cc1nc(C(NC(=O)c2c(O)c(-c3ccccc3)nc3ccccc23)c2ccccc2)c[nH]1. The molecule has 5 rings (SSSR count). The third-order valence-electron chi connectivity index (χ3n) is 5.57. The molecule has 6 nitrogen and oxygen atoms in total. The number of H-pyrrole nitrogens is 1. The maximum absolute atomic E-state index is 13.7. The van der Waals surface area contributed by atoms with Gasteiger partial charge in [-0.25, -0.2) is 9.97 Å². The van der Waals surface area contributed by atoms with E-state index in [1.165, 1.54) is 0 Å². The molecular formula is C27H22N4O2. The van der Waals surface area contributed by atoms with Gasteiger partial charge in [0.1, 0.15) is 11.5 Å². The molecular weight excluding hydrogens is 412 g/mol. The Morgan fingerprint density at radius 3 is 2.27 bits per heavy atom. The van der Waals surface area contributed by atoms with Crippen LogP contribution >= 0.6 is 0 Å². The van der Waals surface area contributed by atoms with E-state index in [2.05, 4.69) is 20.3 Å². The highest BCUT2D eigenvalue weighted by molar-refractivity contribution is 6.10. The Kier molecular flexibility index (Phi) is 5.32. The second-order valence-electron chi connectivity index (χ2n) is 7.80. The minimum atomic E-state index is -0.491. The predicted molar refractivity (Wildman–Crippen MR) is 128 cm³/mol. The maximum Gasteiger partial charge on any atom is 0.256 e. The summed E-state index contributed by atoms with van der Waals surface area (Å²) in [6.07, 6.45) is 1.78. The lowest BCUT2D eigenvalue weighted by molar-refractivity contribution is 0.0941. The molecule has 3 aromatic carbocycles. The topological polar surface area (TPSA) is 90.9 Å². The number of pyridine rings is 1. The van der Waals surface area contributed by atoms with Gasteiger partial charge in [0.2, 0.25) is 0 Å². The van der Waals surface area contributed by atoms with Crippen LogP contribution in [0, 0.1) is 6.92 Å². The molecule has 3 N–H and O–H groups in total. The van der Waals surface area contributed by atoms with E-state index in [0.717, 1.165) is 17.0 Å². The third kappa shape index (κ3) is 3.94. The van der Waals surface area contributed by atoms with Crippen molar-refractivity contribution < 1.29 is 9.90 Å². The van der Waals surface area contributed by atoms with Crippen LogP contribution in [0.5, 0.6) is 5.75 Å². The van der Waals surface area contributed by atoms with E-state index in [9.17, 15) is 9.90 Å². The van der Waals surface area contributed by atoms with Crippen LogP contribution in [0.1, 0.15) is 33.5 Å². The molecule has 0 spiro atoms. The lowest BCUT2D eigenvalue weighted by atomic mass is 10.00. The molecule has 0 bridgehead atoms. The summed E-state index contributed by atoms with van der Waals surface area (Å²) in [6, 6.07) is 25.8. The monoisotopic (exact) mass is 434 g/mol. The number of nitrogens with zero attached hydrogens (tertiary/aromatic N) is 2.